The van der Waals surface area contributed by atoms with Gasteiger partial charge >= 0.3 is 0 Å². The third-order valence-electron chi connectivity index (χ3n) is 3.54. The molecule has 1 unspecified atom stereocenters. The zero-order valence-electron chi connectivity index (χ0n) is 14.7. The van der Waals surface area contributed by atoms with E-state index in [9.17, 15) is 4.55 Å². The molecule has 2 rings (SSSR count). The van der Waals surface area contributed by atoms with Crippen molar-refractivity contribution in [3.63, 3.8) is 0 Å². The fourth-order valence-electron chi connectivity index (χ4n) is 2.33. The van der Waals surface area contributed by atoms with E-state index in [1.807, 2.05) is 66.9 Å². The number of hydrogen-bond acceptors (Lipinski definition) is 4. The second-order valence-corrected chi connectivity index (χ2v) is 7.35. The highest BCUT2D eigenvalue weighted by molar-refractivity contribution is 7.92. The van der Waals surface area contributed by atoms with E-state index in [-0.39, 0.29) is 0 Å². The van der Waals surface area contributed by atoms with Crippen molar-refractivity contribution < 1.29 is 4.55 Å². The Labute approximate surface area is 148 Å². The Morgan fingerprint density at radius 1 is 1.08 bits per heavy atom. The molecule has 2 aromatic carbocycles. The monoisotopic (exact) mass is 344 g/mol. The van der Waals surface area contributed by atoms with Gasteiger partial charge in [-0.3, -0.25) is 0 Å². The molecule has 0 bridgehead atoms. The number of rotatable bonds is 9. The predicted octanol–water partition coefficient (Wildman–Crippen LogP) is 3.67. The van der Waals surface area contributed by atoms with Gasteiger partial charge in [0.25, 0.3) is 0 Å². The van der Waals surface area contributed by atoms with E-state index in [4.69, 9.17) is 0 Å². The summed E-state index contributed by atoms with van der Waals surface area (Å²) in [4.78, 5) is 2.11. The first-order valence-corrected chi connectivity index (χ1v) is 9.52. The van der Waals surface area contributed by atoms with E-state index in [0.717, 1.165) is 36.6 Å². The first-order chi connectivity index (χ1) is 11.6. The van der Waals surface area contributed by atoms with Gasteiger partial charge in [0, 0.05) is 12.2 Å². The van der Waals surface area contributed by atoms with Crippen molar-refractivity contribution in [2.45, 2.75) is 13.3 Å². The average Bonchev–Trinajstić information content (AvgIpc) is 2.57. The van der Waals surface area contributed by atoms with Crippen LogP contribution in [0.5, 0.6) is 0 Å². The maximum atomic E-state index is 12.7. The van der Waals surface area contributed by atoms with Gasteiger partial charge in [0.2, 0.25) is 0 Å². The van der Waals surface area contributed by atoms with Gasteiger partial charge < -0.3 is 14.8 Å². The lowest BCUT2D eigenvalue weighted by Gasteiger charge is -2.29. The topological polar surface area (TPSA) is 41.6 Å². The Bertz CT molecular complexity index is 607. The molecule has 1 N–H and O–H groups in total. The summed E-state index contributed by atoms with van der Waals surface area (Å²) in [6.45, 7) is 3.64. The minimum Gasteiger partial charge on any atom is -0.593 e. The summed E-state index contributed by atoms with van der Waals surface area (Å²) in [6.07, 6.45) is 0.898. The molecule has 0 aromatic heterocycles. The average molecular weight is 345 g/mol. The first-order valence-electron chi connectivity index (χ1n) is 8.24. The summed E-state index contributed by atoms with van der Waals surface area (Å²) in [5.74, 6) is 0.669. The third kappa shape index (κ3) is 5.44. The van der Waals surface area contributed by atoms with E-state index in [0.29, 0.717) is 5.75 Å². The molecule has 0 aliphatic heterocycles. The van der Waals surface area contributed by atoms with Crippen molar-refractivity contribution in [3.8, 4) is 0 Å². The number of anilines is 3. The molecule has 0 fully saturated rings. The maximum Gasteiger partial charge on any atom is 0.131 e. The molecular weight excluding hydrogens is 318 g/mol. The Morgan fingerprint density at radius 2 is 1.79 bits per heavy atom. The molecule has 0 spiro atoms. The van der Waals surface area contributed by atoms with Crippen molar-refractivity contribution >= 4 is 28.4 Å². The van der Waals surface area contributed by atoms with E-state index in [1.54, 1.807) is 0 Å². The number of nitrogens with zero attached hydrogens (tertiary/aromatic N) is 2. The summed E-state index contributed by atoms with van der Waals surface area (Å²) in [7, 11) is 4.07. The van der Waals surface area contributed by atoms with Gasteiger partial charge in [0.05, 0.1) is 23.6 Å². The van der Waals surface area contributed by atoms with Crippen molar-refractivity contribution in [3.05, 3.63) is 54.6 Å². The molecule has 0 aliphatic carbocycles. The van der Waals surface area contributed by atoms with Gasteiger partial charge in [-0.25, -0.2) is 0 Å². The highest BCUT2D eigenvalue weighted by atomic mass is 32.2. The number of nitrogens with one attached hydrogen (secondary N) is 1. The van der Waals surface area contributed by atoms with Crippen LogP contribution in [0, 0.1) is 6.07 Å². The molecule has 0 saturated carbocycles. The van der Waals surface area contributed by atoms with Gasteiger partial charge in [-0.15, -0.1) is 0 Å². The highest BCUT2D eigenvalue weighted by Gasteiger charge is 2.22. The Balaban J connectivity index is 2.27. The largest absolute Gasteiger partial charge is 0.593 e. The standard InChI is InChI=1S/C19H26N3OS/c1-4-16-24(23)22(15-14-21(2)3)19-13-9-8-12-18(19)20-17-10-6-5-7-11-17/h6-13,20H,4,14-16H2,1-3H3. The molecule has 1 radical (unpaired) electrons. The first kappa shape index (κ1) is 18.6. The van der Waals surface area contributed by atoms with Crippen molar-refractivity contribution in [1.82, 2.24) is 4.90 Å². The maximum absolute atomic E-state index is 12.7. The van der Waals surface area contributed by atoms with E-state index < -0.39 is 11.4 Å². The summed E-state index contributed by atoms with van der Waals surface area (Å²) >= 11 is -1.03. The SMILES string of the molecule is CCC[S+]([O-])N(CCN(C)C)c1ccccc1Nc1cc[c]cc1. The van der Waals surface area contributed by atoms with Crippen molar-refractivity contribution in [1.29, 1.82) is 0 Å². The van der Waals surface area contributed by atoms with Crippen LogP contribution in [0.3, 0.4) is 0 Å². The molecule has 24 heavy (non-hydrogen) atoms. The van der Waals surface area contributed by atoms with Crippen LogP contribution >= 0.6 is 0 Å². The number of hydrogen-bond donors (Lipinski definition) is 1. The molecule has 1 atom stereocenters. The second-order valence-electron chi connectivity index (χ2n) is 5.86. The zero-order chi connectivity index (χ0) is 17.4. The van der Waals surface area contributed by atoms with Crippen LogP contribution in [0.4, 0.5) is 17.1 Å². The molecule has 4 nitrogen and oxygen atoms in total. The molecular formula is C19H26N3OS. The Morgan fingerprint density at radius 3 is 2.46 bits per heavy atom. The molecule has 0 aliphatic rings. The van der Waals surface area contributed by atoms with Gasteiger partial charge in [0.15, 0.2) is 0 Å². The minimum atomic E-state index is -1.03. The molecule has 2 aromatic rings. The fourth-order valence-corrected chi connectivity index (χ4v) is 3.56. The number of likely N-dealkylation sites (N-methyl/N-ethyl adjacent to an activating group) is 1. The summed E-state index contributed by atoms with van der Waals surface area (Å²) in [5, 5.41) is 3.43. The van der Waals surface area contributed by atoms with Crippen LogP contribution in [-0.4, -0.2) is 42.4 Å². The van der Waals surface area contributed by atoms with Crippen molar-refractivity contribution in [2.75, 3.05) is 42.6 Å². The van der Waals surface area contributed by atoms with Crippen LogP contribution in [0.15, 0.2) is 48.5 Å². The minimum absolute atomic E-state index is 0.669. The smallest absolute Gasteiger partial charge is 0.131 e. The van der Waals surface area contributed by atoms with Crippen LogP contribution in [0.1, 0.15) is 13.3 Å². The van der Waals surface area contributed by atoms with E-state index in [2.05, 4.69) is 23.2 Å². The fraction of sp³-hybridized carbons (Fsp3) is 0.368. The molecule has 0 heterocycles. The van der Waals surface area contributed by atoms with Gasteiger partial charge in [-0.1, -0.05) is 31.2 Å². The lowest BCUT2D eigenvalue weighted by molar-refractivity contribution is 0.419. The highest BCUT2D eigenvalue weighted by Crippen LogP contribution is 2.30. The van der Waals surface area contributed by atoms with Crippen LogP contribution in [-0.2, 0) is 11.4 Å². The molecule has 129 valence electrons. The van der Waals surface area contributed by atoms with Crippen LogP contribution in [0.2, 0.25) is 0 Å². The molecule has 0 amide bonds. The van der Waals surface area contributed by atoms with Gasteiger partial charge in [-0.2, -0.15) is 4.31 Å². The van der Waals surface area contributed by atoms with E-state index in [1.165, 1.54) is 0 Å². The Hall–Kier alpha value is -1.69. The molecule has 5 heteroatoms. The predicted molar refractivity (Wildman–Crippen MR) is 104 cm³/mol. The lowest BCUT2D eigenvalue weighted by Crippen LogP contribution is -2.38. The van der Waals surface area contributed by atoms with Crippen LogP contribution in [0.25, 0.3) is 0 Å². The normalized spacial score (nSPS) is 12.2. The number of para-hydroxylation sites is 2. The zero-order valence-corrected chi connectivity index (χ0v) is 15.5. The van der Waals surface area contributed by atoms with Crippen LogP contribution < -0.4 is 9.62 Å². The summed E-state index contributed by atoms with van der Waals surface area (Å²) in [6, 6.07) is 18.8. The third-order valence-corrected chi connectivity index (χ3v) is 5.17. The van der Waals surface area contributed by atoms with E-state index >= 15 is 0 Å². The molecule has 0 saturated heterocycles. The summed E-state index contributed by atoms with van der Waals surface area (Å²) < 4.78 is 14.7. The second kappa shape index (κ2) is 9.57. The summed E-state index contributed by atoms with van der Waals surface area (Å²) in [5.41, 5.74) is 2.93. The quantitative estimate of drug-likeness (QED) is 0.705. The van der Waals surface area contributed by atoms with Crippen molar-refractivity contribution in [2.24, 2.45) is 0 Å². The van der Waals surface area contributed by atoms with Gasteiger partial charge in [0.1, 0.15) is 11.4 Å². The number of benzene rings is 2. The lowest BCUT2D eigenvalue weighted by atomic mass is 10.2. The van der Waals surface area contributed by atoms with Gasteiger partial charge in [-0.05, 0) is 50.8 Å². The Kier molecular flexibility index (Phi) is 7.43.